The number of rotatable bonds is 6. The van der Waals surface area contributed by atoms with Gasteiger partial charge in [0.15, 0.2) is 0 Å². The molecule has 0 aliphatic carbocycles. The largest absolute Gasteiger partial charge is 0.481 e. The molecule has 0 aromatic carbocycles. The van der Waals surface area contributed by atoms with Gasteiger partial charge in [0.1, 0.15) is 0 Å². The zero-order valence-corrected chi connectivity index (χ0v) is 9.12. The van der Waals surface area contributed by atoms with Gasteiger partial charge in [-0.2, -0.15) is 0 Å². The number of carbonyl (C=O) groups excluding carboxylic acids is 1. The van der Waals surface area contributed by atoms with E-state index < -0.39 is 11.9 Å². The number of aliphatic carboxylic acids is 1. The highest BCUT2D eigenvalue weighted by molar-refractivity contribution is 5.82. The molecular formula is C10H19NO3. The van der Waals surface area contributed by atoms with Gasteiger partial charge in [0, 0.05) is 19.5 Å². The van der Waals surface area contributed by atoms with Gasteiger partial charge in [-0.05, 0) is 6.42 Å². The highest BCUT2D eigenvalue weighted by Crippen LogP contribution is 2.06. The lowest BCUT2D eigenvalue weighted by Crippen LogP contribution is -2.33. The van der Waals surface area contributed by atoms with Crippen molar-refractivity contribution in [3.05, 3.63) is 0 Å². The topological polar surface area (TPSA) is 57.6 Å². The zero-order valence-electron chi connectivity index (χ0n) is 9.12. The molecule has 0 saturated heterocycles. The van der Waals surface area contributed by atoms with Crippen LogP contribution in [0.3, 0.4) is 0 Å². The minimum Gasteiger partial charge on any atom is -0.481 e. The fraction of sp³-hybridized carbons (Fsp3) is 0.800. The van der Waals surface area contributed by atoms with Crippen LogP contribution in [0.5, 0.6) is 0 Å². The number of unbranched alkanes of at least 4 members (excludes halogenated alkanes) is 1. The summed E-state index contributed by atoms with van der Waals surface area (Å²) in [4.78, 5) is 23.5. The molecule has 1 amide bonds. The van der Waals surface area contributed by atoms with Gasteiger partial charge in [0.25, 0.3) is 0 Å². The molecule has 0 bridgehead atoms. The van der Waals surface area contributed by atoms with Crippen molar-refractivity contribution in [1.82, 2.24) is 4.90 Å². The minimum absolute atomic E-state index is 0.0825. The summed E-state index contributed by atoms with van der Waals surface area (Å²) < 4.78 is 0. The molecule has 0 fully saturated rings. The molecule has 4 nitrogen and oxygen atoms in total. The van der Waals surface area contributed by atoms with Crippen LogP contribution < -0.4 is 0 Å². The summed E-state index contributed by atoms with van der Waals surface area (Å²) in [7, 11) is 1.72. The van der Waals surface area contributed by atoms with E-state index in [-0.39, 0.29) is 12.3 Å². The Balaban J connectivity index is 3.97. The van der Waals surface area contributed by atoms with Gasteiger partial charge in [0.2, 0.25) is 5.91 Å². The number of carboxylic acids is 1. The van der Waals surface area contributed by atoms with Gasteiger partial charge in [-0.1, -0.05) is 20.3 Å². The predicted octanol–water partition coefficient (Wildman–Crippen LogP) is 1.36. The zero-order chi connectivity index (χ0) is 11.1. The maximum atomic E-state index is 11.5. The molecule has 14 heavy (non-hydrogen) atoms. The van der Waals surface area contributed by atoms with Crippen LogP contribution in [0.4, 0.5) is 0 Å². The average Bonchev–Trinajstić information content (AvgIpc) is 2.11. The molecule has 82 valence electrons. The van der Waals surface area contributed by atoms with E-state index in [1.807, 2.05) is 0 Å². The Bertz CT molecular complexity index is 204. The van der Waals surface area contributed by atoms with Crippen molar-refractivity contribution >= 4 is 11.9 Å². The number of hydrogen-bond acceptors (Lipinski definition) is 2. The number of carboxylic acid groups (broad SMARTS) is 1. The monoisotopic (exact) mass is 201 g/mol. The molecule has 0 spiro atoms. The first-order valence-corrected chi connectivity index (χ1v) is 4.95. The Labute approximate surface area is 84.9 Å². The molecule has 0 saturated carbocycles. The van der Waals surface area contributed by atoms with Crippen molar-refractivity contribution in [1.29, 1.82) is 0 Å². The molecule has 0 radical (unpaired) electrons. The second kappa shape index (κ2) is 6.40. The van der Waals surface area contributed by atoms with Crippen molar-refractivity contribution < 1.29 is 14.7 Å². The van der Waals surface area contributed by atoms with Crippen LogP contribution in [0.1, 0.15) is 33.1 Å². The van der Waals surface area contributed by atoms with Crippen LogP contribution in [0, 0.1) is 5.92 Å². The van der Waals surface area contributed by atoms with Gasteiger partial charge >= 0.3 is 5.97 Å². The maximum absolute atomic E-state index is 11.5. The first kappa shape index (κ1) is 12.9. The molecular weight excluding hydrogens is 182 g/mol. The number of hydrogen-bond donors (Lipinski definition) is 1. The second-order valence-electron chi connectivity index (χ2n) is 3.61. The van der Waals surface area contributed by atoms with E-state index in [1.165, 1.54) is 0 Å². The molecule has 0 heterocycles. The number of carbonyl (C=O) groups is 2. The third kappa shape index (κ3) is 4.84. The lowest BCUT2D eigenvalue weighted by molar-refractivity contribution is -0.143. The number of nitrogens with zero attached hydrogens (tertiary/aromatic N) is 1. The van der Waals surface area contributed by atoms with E-state index in [2.05, 4.69) is 6.92 Å². The Morgan fingerprint density at radius 1 is 1.43 bits per heavy atom. The summed E-state index contributed by atoms with van der Waals surface area (Å²) in [6.07, 6.45) is 1.91. The summed E-state index contributed by atoms with van der Waals surface area (Å²) in [5.41, 5.74) is 0. The summed E-state index contributed by atoms with van der Waals surface area (Å²) in [6.45, 7) is 4.41. The molecule has 0 aromatic heterocycles. The van der Waals surface area contributed by atoms with Gasteiger partial charge in [0.05, 0.1) is 6.42 Å². The summed E-state index contributed by atoms with van der Waals surface area (Å²) in [6, 6.07) is 0. The highest BCUT2D eigenvalue weighted by Gasteiger charge is 2.19. The highest BCUT2D eigenvalue weighted by atomic mass is 16.4. The maximum Gasteiger partial charge on any atom is 0.304 e. The number of amides is 1. The Kier molecular flexibility index (Phi) is 5.92. The molecule has 1 unspecified atom stereocenters. The van der Waals surface area contributed by atoms with E-state index in [0.29, 0.717) is 6.54 Å². The lowest BCUT2D eigenvalue weighted by Gasteiger charge is -2.20. The van der Waals surface area contributed by atoms with E-state index in [1.54, 1.807) is 18.9 Å². The van der Waals surface area contributed by atoms with Crippen molar-refractivity contribution in [2.24, 2.45) is 5.92 Å². The molecule has 4 heteroatoms. The average molecular weight is 201 g/mol. The first-order valence-electron chi connectivity index (χ1n) is 4.95. The van der Waals surface area contributed by atoms with Gasteiger partial charge in [-0.15, -0.1) is 0 Å². The molecule has 0 aliphatic heterocycles. The normalized spacial score (nSPS) is 12.2. The van der Waals surface area contributed by atoms with E-state index in [4.69, 9.17) is 5.11 Å². The molecule has 0 aliphatic rings. The van der Waals surface area contributed by atoms with Crippen LogP contribution in [-0.2, 0) is 9.59 Å². The smallest absolute Gasteiger partial charge is 0.304 e. The predicted molar refractivity (Wildman–Crippen MR) is 54.0 cm³/mol. The Hall–Kier alpha value is -1.06. The Morgan fingerprint density at radius 2 is 2.00 bits per heavy atom. The van der Waals surface area contributed by atoms with Crippen molar-refractivity contribution in [2.45, 2.75) is 33.1 Å². The van der Waals surface area contributed by atoms with Gasteiger partial charge in [-0.3, -0.25) is 9.59 Å². The fourth-order valence-corrected chi connectivity index (χ4v) is 1.23. The summed E-state index contributed by atoms with van der Waals surface area (Å²) in [5.74, 6) is -1.43. The molecule has 0 rings (SSSR count). The molecule has 1 N–H and O–H groups in total. The summed E-state index contributed by atoms with van der Waals surface area (Å²) in [5, 5.41) is 8.52. The van der Waals surface area contributed by atoms with E-state index in [9.17, 15) is 9.59 Å². The Morgan fingerprint density at radius 3 is 2.43 bits per heavy atom. The van der Waals surface area contributed by atoms with E-state index in [0.717, 1.165) is 12.8 Å². The van der Waals surface area contributed by atoms with Crippen molar-refractivity contribution in [2.75, 3.05) is 13.6 Å². The third-order valence-electron chi connectivity index (χ3n) is 2.13. The van der Waals surface area contributed by atoms with Crippen molar-refractivity contribution in [3.63, 3.8) is 0 Å². The first-order chi connectivity index (χ1) is 6.49. The van der Waals surface area contributed by atoms with Crippen LogP contribution in [-0.4, -0.2) is 35.5 Å². The molecule has 1 atom stereocenters. The third-order valence-corrected chi connectivity index (χ3v) is 2.13. The fourth-order valence-electron chi connectivity index (χ4n) is 1.23. The van der Waals surface area contributed by atoms with Crippen LogP contribution in [0.2, 0.25) is 0 Å². The SMILES string of the molecule is CCCCN(C)C(=O)C(C)CC(=O)O. The van der Waals surface area contributed by atoms with Crippen LogP contribution in [0.25, 0.3) is 0 Å². The van der Waals surface area contributed by atoms with Gasteiger partial charge in [-0.25, -0.2) is 0 Å². The van der Waals surface area contributed by atoms with Crippen molar-refractivity contribution in [3.8, 4) is 0 Å². The van der Waals surface area contributed by atoms with E-state index >= 15 is 0 Å². The quantitative estimate of drug-likeness (QED) is 0.705. The summed E-state index contributed by atoms with van der Waals surface area (Å²) >= 11 is 0. The second-order valence-corrected chi connectivity index (χ2v) is 3.61. The van der Waals surface area contributed by atoms with Crippen LogP contribution in [0.15, 0.2) is 0 Å². The standard InChI is InChI=1S/C10H19NO3/c1-4-5-6-11(3)10(14)8(2)7-9(12)13/h8H,4-7H2,1-3H3,(H,12,13). The lowest BCUT2D eigenvalue weighted by atomic mass is 10.1. The minimum atomic E-state index is -0.922. The molecule has 0 aromatic rings. The van der Waals surface area contributed by atoms with Gasteiger partial charge < -0.3 is 10.0 Å². The van der Waals surface area contributed by atoms with Crippen LogP contribution >= 0.6 is 0 Å².